The van der Waals surface area contributed by atoms with E-state index in [9.17, 15) is 28.8 Å². The molecule has 14 nitrogen and oxygen atoms in total. The van der Waals surface area contributed by atoms with Gasteiger partial charge < -0.3 is 37.9 Å². The summed E-state index contributed by atoms with van der Waals surface area (Å²) in [5.41, 5.74) is 1.08. The Kier molecular flexibility index (Phi) is 17.4. The van der Waals surface area contributed by atoms with Crippen molar-refractivity contribution in [2.45, 2.75) is 38.5 Å². The van der Waals surface area contributed by atoms with Gasteiger partial charge in [0.2, 0.25) is 0 Å². The van der Waals surface area contributed by atoms with Crippen LogP contribution in [-0.2, 0) is 28.5 Å². The highest BCUT2D eigenvalue weighted by molar-refractivity contribution is 5.93. The molecule has 0 aromatic heterocycles. The van der Waals surface area contributed by atoms with Gasteiger partial charge in [0.05, 0.1) is 48.7 Å². The van der Waals surface area contributed by atoms with Gasteiger partial charge in [-0.25, -0.2) is 28.8 Å². The highest BCUT2D eigenvalue weighted by Crippen LogP contribution is 2.25. The van der Waals surface area contributed by atoms with Crippen LogP contribution in [-0.4, -0.2) is 62.2 Å². The fourth-order valence-corrected chi connectivity index (χ4v) is 5.40. The molecule has 1 aliphatic carbocycles. The lowest BCUT2D eigenvalue weighted by Crippen LogP contribution is -2.11. The highest BCUT2D eigenvalue weighted by Gasteiger charge is 2.18. The number of ether oxygens (including phenoxy) is 8. The van der Waals surface area contributed by atoms with Gasteiger partial charge in [0.1, 0.15) is 34.5 Å². The van der Waals surface area contributed by atoms with Crippen molar-refractivity contribution in [2.24, 2.45) is 0 Å². The standard InChI is InChI=1S/C48H44O14/c1-3-43(49)57-31-7-5-29-55-37-17-9-33(10-18-37)45(51)59-39-21-13-35(14-22-39)47(53)61-41-25-27-42(28-26-41)62-48(54)36-15-23-40(24-16-36)60-46(52)34-11-19-38(20-12-34)56-30-6-8-32-58-44(50)4-2/h3-4,9-25,27H,1-2,5-8,26,28-32H2. The second kappa shape index (κ2) is 23.7. The molecule has 0 bridgehead atoms. The van der Waals surface area contributed by atoms with E-state index in [0.29, 0.717) is 85.9 Å². The average Bonchev–Trinajstić information content (AvgIpc) is 3.29. The zero-order chi connectivity index (χ0) is 44.1. The van der Waals surface area contributed by atoms with Crippen molar-refractivity contribution in [1.82, 2.24) is 0 Å². The molecule has 0 saturated carbocycles. The molecule has 0 saturated heterocycles. The maximum absolute atomic E-state index is 12.8. The lowest BCUT2D eigenvalue weighted by Gasteiger charge is -2.15. The van der Waals surface area contributed by atoms with Crippen molar-refractivity contribution in [3.63, 3.8) is 0 Å². The molecule has 4 aromatic carbocycles. The van der Waals surface area contributed by atoms with Crippen molar-refractivity contribution in [3.8, 4) is 23.0 Å². The highest BCUT2D eigenvalue weighted by atomic mass is 16.6. The molecule has 0 unspecified atom stereocenters. The third-order valence-electron chi connectivity index (χ3n) is 8.74. The van der Waals surface area contributed by atoms with Gasteiger partial charge in [-0.05, 0) is 135 Å². The van der Waals surface area contributed by atoms with Crippen LogP contribution in [0, 0.1) is 0 Å². The monoisotopic (exact) mass is 844 g/mol. The first kappa shape index (κ1) is 45.3. The van der Waals surface area contributed by atoms with E-state index in [1.165, 1.54) is 48.5 Å². The molecular weight excluding hydrogens is 801 g/mol. The molecule has 5 rings (SSSR count). The lowest BCUT2D eigenvalue weighted by atomic mass is 10.1. The van der Waals surface area contributed by atoms with E-state index in [4.69, 9.17) is 37.9 Å². The Labute approximate surface area is 357 Å². The van der Waals surface area contributed by atoms with Crippen LogP contribution in [0.2, 0.25) is 0 Å². The zero-order valence-electron chi connectivity index (χ0n) is 33.7. The molecule has 0 radical (unpaired) electrons. The molecule has 0 spiro atoms. The van der Waals surface area contributed by atoms with Crippen LogP contribution in [0.3, 0.4) is 0 Å². The number of allylic oxidation sites excluding steroid dienone is 4. The Morgan fingerprint density at radius 1 is 0.403 bits per heavy atom. The topological polar surface area (TPSA) is 176 Å². The van der Waals surface area contributed by atoms with Crippen LogP contribution >= 0.6 is 0 Å². The van der Waals surface area contributed by atoms with Crippen molar-refractivity contribution < 1.29 is 66.7 Å². The van der Waals surface area contributed by atoms with Crippen molar-refractivity contribution in [3.05, 3.63) is 168 Å². The van der Waals surface area contributed by atoms with E-state index < -0.39 is 35.8 Å². The number of unbranched alkanes of at least 4 members (excludes halogenated alkanes) is 2. The lowest BCUT2D eigenvalue weighted by molar-refractivity contribution is -0.138. The van der Waals surface area contributed by atoms with Gasteiger partial charge in [0.15, 0.2) is 0 Å². The van der Waals surface area contributed by atoms with Crippen molar-refractivity contribution in [1.29, 1.82) is 0 Å². The van der Waals surface area contributed by atoms with Crippen LogP contribution in [0.4, 0.5) is 0 Å². The predicted molar refractivity (Wildman–Crippen MR) is 224 cm³/mol. The number of carbonyl (C=O) groups is 6. The third kappa shape index (κ3) is 14.8. The fourth-order valence-electron chi connectivity index (χ4n) is 5.40. The number of rotatable bonds is 22. The second-order valence-corrected chi connectivity index (χ2v) is 13.3. The molecule has 0 N–H and O–H groups in total. The van der Waals surface area contributed by atoms with Gasteiger partial charge in [-0.3, -0.25) is 0 Å². The van der Waals surface area contributed by atoms with Crippen LogP contribution in [0.15, 0.2) is 146 Å². The minimum atomic E-state index is -0.614. The summed E-state index contributed by atoms with van der Waals surface area (Å²) in [5.74, 6) is -0.980. The molecule has 0 amide bonds. The Morgan fingerprint density at radius 3 is 1.00 bits per heavy atom. The first-order chi connectivity index (χ1) is 30.1. The summed E-state index contributed by atoms with van der Waals surface area (Å²) < 4.78 is 43.1. The summed E-state index contributed by atoms with van der Waals surface area (Å²) in [4.78, 5) is 73.1. The van der Waals surface area contributed by atoms with Gasteiger partial charge in [0.25, 0.3) is 0 Å². The first-order valence-corrected chi connectivity index (χ1v) is 19.6. The fraction of sp³-hybridized carbons (Fsp3) is 0.208. The van der Waals surface area contributed by atoms with E-state index in [1.54, 1.807) is 60.7 Å². The summed E-state index contributed by atoms with van der Waals surface area (Å²) in [6.45, 7) is 8.07. The van der Waals surface area contributed by atoms with E-state index >= 15 is 0 Å². The molecule has 0 aliphatic heterocycles. The maximum Gasteiger partial charge on any atom is 0.343 e. The number of benzene rings is 4. The molecule has 62 heavy (non-hydrogen) atoms. The van der Waals surface area contributed by atoms with E-state index in [2.05, 4.69) is 13.2 Å². The van der Waals surface area contributed by atoms with E-state index in [-0.39, 0.29) is 35.8 Å². The van der Waals surface area contributed by atoms with E-state index in [0.717, 1.165) is 12.2 Å². The maximum atomic E-state index is 12.8. The zero-order valence-corrected chi connectivity index (χ0v) is 33.7. The van der Waals surface area contributed by atoms with Gasteiger partial charge in [-0.2, -0.15) is 0 Å². The molecule has 14 heteroatoms. The summed E-state index contributed by atoms with van der Waals surface area (Å²) >= 11 is 0. The Bertz CT molecular complexity index is 2110. The van der Waals surface area contributed by atoms with Crippen molar-refractivity contribution in [2.75, 3.05) is 26.4 Å². The quantitative estimate of drug-likeness (QED) is 0.0242. The normalized spacial score (nSPS) is 11.7. The van der Waals surface area contributed by atoms with Crippen LogP contribution < -0.4 is 18.9 Å². The molecule has 320 valence electrons. The Hall–Kier alpha value is -7.74. The summed E-state index contributed by atoms with van der Waals surface area (Å²) in [7, 11) is 0. The second-order valence-electron chi connectivity index (χ2n) is 13.3. The molecular formula is C48H44O14. The Morgan fingerprint density at radius 2 is 0.694 bits per heavy atom. The Balaban J connectivity index is 1.00. The van der Waals surface area contributed by atoms with Crippen molar-refractivity contribution >= 4 is 35.8 Å². The predicted octanol–water partition coefficient (Wildman–Crippen LogP) is 8.48. The van der Waals surface area contributed by atoms with Gasteiger partial charge in [-0.1, -0.05) is 13.2 Å². The number of hydrogen-bond donors (Lipinski definition) is 0. The summed E-state index contributed by atoms with van der Waals surface area (Å²) in [6.07, 6.45) is 8.55. The molecule has 0 atom stereocenters. The SMILES string of the molecule is C=CC(=O)OCCCCOc1ccc(C(=O)Oc2ccc(C(=O)OC3=CC=C(OC(=O)c4ccc(OC(=O)c5ccc(OCCCCOC(=O)C=C)cc5)cc4)CC3)cc2)cc1. The molecule has 0 fully saturated rings. The van der Waals surface area contributed by atoms with Crippen LogP contribution in [0.25, 0.3) is 0 Å². The third-order valence-corrected chi connectivity index (χ3v) is 8.74. The largest absolute Gasteiger partial charge is 0.494 e. The van der Waals surface area contributed by atoms with Crippen LogP contribution in [0.5, 0.6) is 23.0 Å². The first-order valence-electron chi connectivity index (χ1n) is 19.6. The minimum absolute atomic E-state index is 0.232. The van der Waals surface area contributed by atoms with Gasteiger partial charge in [0, 0.05) is 25.0 Å². The number of hydrogen-bond acceptors (Lipinski definition) is 14. The average molecular weight is 845 g/mol. The van der Waals surface area contributed by atoms with E-state index in [1.807, 2.05) is 0 Å². The number of esters is 6. The molecule has 4 aromatic rings. The summed E-state index contributed by atoms with van der Waals surface area (Å²) in [6, 6.07) is 24.8. The molecule has 1 aliphatic rings. The van der Waals surface area contributed by atoms with Crippen LogP contribution in [0.1, 0.15) is 80.0 Å². The smallest absolute Gasteiger partial charge is 0.343 e. The minimum Gasteiger partial charge on any atom is -0.494 e. The van der Waals surface area contributed by atoms with Gasteiger partial charge >= 0.3 is 35.8 Å². The van der Waals surface area contributed by atoms with Gasteiger partial charge in [-0.15, -0.1) is 0 Å². The number of carbonyl (C=O) groups excluding carboxylic acids is 6. The summed E-state index contributed by atoms with van der Waals surface area (Å²) in [5, 5.41) is 0. The molecule has 0 heterocycles.